The summed E-state index contributed by atoms with van der Waals surface area (Å²) >= 11 is 0. The number of benzene rings is 1. The van der Waals surface area contributed by atoms with Crippen LogP contribution in [0.4, 0.5) is 4.39 Å². The van der Waals surface area contributed by atoms with Gasteiger partial charge in [0.15, 0.2) is 5.78 Å². The molecule has 1 aromatic rings. The molecule has 0 saturated heterocycles. The Bertz CT molecular complexity index is 463. The van der Waals surface area contributed by atoms with Gasteiger partial charge >= 0.3 is 5.97 Å². The molecule has 0 heterocycles. The Morgan fingerprint density at radius 3 is 2.53 bits per heavy atom. The molecule has 0 N–H and O–H groups in total. The summed E-state index contributed by atoms with van der Waals surface area (Å²) in [7, 11) is 1.27. The fourth-order valence-electron chi connectivity index (χ4n) is 2.16. The zero-order chi connectivity index (χ0) is 12.5. The fourth-order valence-corrected chi connectivity index (χ4v) is 2.16. The lowest BCUT2D eigenvalue weighted by Crippen LogP contribution is -2.46. The first-order valence-electron chi connectivity index (χ1n) is 5.49. The van der Waals surface area contributed by atoms with Crippen molar-refractivity contribution in [2.24, 2.45) is 5.41 Å². The van der Waals surface area contributed by atoms with Gasteiger partial charge in [0.2, 0.25) is 0 Å². The highest BCUT2D eigenvalue weighted by atomic mass is 19.1. The van der Waals surface area contributed by atoms with Crippen LogP contribution in [0.2, 0.25) is 0 Å². The molecule has 3 nitrogen and oxygen atoms in total. The van der Waals surface area contributed by atoms with Crippen molar-refractivity contribution < 1.29 is 18.7 Å². The van der Waals surface area contributed by atoms with E-state index in [9.17, 15) is 14.0 Å². The SMILES string of the molecule is COC(=O)C1(C(=O)c2cccc(F)c2)CCC1. The smallest absolute Gasteiger partial charge is 0.319 e. The van der Waals surface area contributed by atoms with Gasteiger partial charge in [-0.15, -0.1) is 0 Å². The lowest BCUT2D eigenvalue weighted by Gasteiger charge is -2.37. The van der Waals surface area contributed by atoms with Gasteiger partial charge in [0.1, 0.15) is 11.2 Å². The number of hydrogen-bond acceptors (Lipinski definition) is 3. The maximum absolute atomic E-state index is 13.1. The van der Waals surface area contributed by atoms with Crippen LogP contribution in [-0.2, 0) is 9.53 Å². The zero-order valence-electron chi connectivity index (χ0n) is 9.53. The summed E-state index contributed by atoms with van der Waals surface area (Å²) < 4.78 is 17.7. The number of rotatable bonds is 3. The van der Waals surface area contributed by atoms with Crippen LogP contribution in [-0.4, -0.2) is 18.9 Å². The number of carbonyl (C=O) groups excluding carboxylic acids is 2. The van der Waals surface area contributed by atoms with Gasteiger partial charge in [-0.1, -0.05) is 18.6 Å². The normalized spacial score (nSPS) is 17.1. The molecule has 2 rings (SSSR count). The Labute approximate surface area is 98.6 Å². The quantitative estimate of drug-likeness (QED) is 0.459. The molecule has 0 aromatic heterocycles. The van der Waals surface area contributed by atoms with Gasteiger partial charge in [0.05, 0.1) is 7.11 Å². The maximum atomic E-state index is 13.1. The summed E-state index contributed by atoms with van der Waals surface area (Å²) in [5, 5.41) is 0. The highest BCUT2D eigenvalue weighted by Gasteiger charge is 2.51. The Kier molecular flexibility index (Phi) is 2.96. The Morgan fingerprint density at radius 2 is 2.06 bits per heavy atom. The summed E-state index contributed by atoms with van der Waals surface area (Å²) in [5.41, 5.74) is -0.849. The molecule has 0 spiro atoms. The minimum Gasteiger partial charge on any atom is -0.468 e. The lowest BCUT2D eigenvalue weighted by molar-refractivity contribution is -0.153. The molecule has 1 aromatic carbocycles. The number of ether oxygens (including phenoxy) is 1. The van der Waals surface area contributed by atoms with Crippen LogP contribution in [0, 0.1) is 11.2 Å². The van der Waals surface area contributed by atoms with E-state index in [0.717, 1.165) is 12.5 Å². The lowest BCUT2D eigenvalue weighted by atomic mass is 9.64. The van der Waals surface area contributed by atoms with Crippen molar-refractivity contribution in [3.8, 4) is 0 Å². The first-order valence-corrected chi connectivity index (χ1v) is 5.49. The zero-order valence-corrected chi connectivity index (χ0v) is 9.53. The summed E-state index contributed by atoms with van der Waals surface area (Å²) in [6, 6.07) is 5.41. The molecule has 0 bridgehead atoms. The third kappa shape index (κ3) is 1.84. The van der Waals surface area contributed by atoms with Gasteiger partial charge in [-0.05, 0) is 25.0 Å². The molecule has 0 atom stereocenters. The first-order chi connectivity index (χ1) is 8.10. The molecule has 1 fully saturated rings. The van der Waals surface area contributed by atoms with E-state index in [2.05, 4.69) is 4.74 Å². The van der Waals surface area contributed by atoms with Crippen LogP contribution < -0.4 is 0 Å². The van der Waals surface area contributed by atoms with Crippen molar-refractivity contribution in [2.45, 2.75) is 19.3 Å². The predicted molar refractivity (Wildman–Crippen MR) is 59.0 cm³/mol. The van der Waals surface area contributed by atoms with E-state index in [0.29, 0.717) is 12.8 Å². The highest BCUT2D eigenvalue weighted by Crippen LogP contribution is 2.44. The molecule has 0 amide bonds. The number of hydrogen-bond donors (Lipinski definition) is 0. The fraction of sp³-hybridized carbons (Fsp3) is 0.385. The highest BCUT2D eigenvalue weighted by molar-refractivity contribution is 6.13. The number of ketones is 1. The van der Waals surface area contributed by atoms with E-state index in [-0.39, 0.29) is 11.3 Å². The van der Waals surface area contributed by atoms with Crippen LogP contribution in [0.15, 0.2) is 24.3 Å². The van der Waals surface area contributed by atoms with Crippen molar-refractivity contribution >= 4 is 11.8 Å². The van der Waals surface area contributed by atoms with Crippen molar-refractivity contribution in [1.29, 1.82) is 0 Å². The molecule has 90 valence electrons. The topological polar surface area (TPSA) is 43.4 Å². The molecule has 17 heavy (non-hydrogen) atoms. The van der Waals surface area contributed by atoms with Crippen LogP contribution in [0.3, 0.4) is 0 Å². The van der Waals surface area contributed by atoms with Gasteiger partial charge in [-0.25, -0.2) is 4.39 Å². The summed E-state index contributed by atoms with van der Waals surface area (Å²) in [6.45, 7) is 0. The minimum atomic E-state index is -1.08. The summed E-state index contributed by atoms with van der Waals surface area (Å²) in [6.07, 6.45) is 1.78. The van der Waals surface area contributed by atoms with Crippen molar-refractivity contribution in [2.75, 3.05) is 7.11 Å². The van der Waals surface area contributed by atoms with E-state index in [1.165, 1.54) is 25.3 Å². The van der Waals surface area contributed by atoms with Crippen molar-refractivity contribution in [3.63, 3.8) is 0 Å². The van der Waals surface area contributed by atoms with E-state index in [4.69, 9.17) is 0 Å². The maximum Gasteiger partial charge on any atom is 0.319 e. The first kappa shape index (κ1) is 11.8. The number of methoxy groups -OCH3 is 1. The van der Waals surface area contributed by atoms with Crippen LogP contribution in [0.1, 0.15) is 29.6 Å². The molecule has 0 aliphatic heterocycles. The largest absolute Gasteiger partial charge is 0.468 e. The van der Waals surface area contributed by atoms with Crippen molar-refractivity contribution in [3.05, 3.63) is 35.6 Å². The van der Waals surface area contributed by atoms with E-state index < -0.39 is 17.2 Å². The second kappa shape index (κ2) is 4.28. The van der Waals surface area contributed by atoms with E-state index in [1.807, 2.05) is 0 Å². The van der Waals surface area contributed by atoms with Gasteiger partial charge < -0.3 is 4.74 Å². The predicted octanol–water partition coefficient (Wildman–Crippen LogP) is 2.35. The van der Waals surface area contributed by atoms with Crippen molar-refractivity contribution in [1.82, 2.24) is 0 Å². The monoisotopic (exact) mass is 236 g/mol. The number of carbonyl (C=O) groups is 2. The van der Waals surface area contributed by atoms with Crippen LogP contribution in [0.25, 0.3) is 0 Å². The summed E-state index contributed by atoms with van der Waals surface area (Å²) in [4.78, 5) is 23.9. The summed E-state index contributed by atoms with van der Waals surface area (Å²) in [5.74, 6) is -1.33. The Balaban J connectivity index is 2.33. The third-order valence-electron chi connectivity index (χ3n) is 3.30. The molecular formula is C13H13FO3. The third-order valence-corrected chi connectivity index (χ3v) is 3.30. The standard InChI is InChI=1S/C13H13FO3/c1-17-12(16)13(6-3-7-13)11(15)9-4-2-5-10(14)8-9/h2,4-5,8H,3,6-7H2,1H3. The average molecular weight is 236 g/mol. The second-order valence-electron chi connectivity index (χ2n) is 4.27. The van der Waals surface area contributed by atoms with Crippen LogP contribution in [0.5, 0.6) is 0 Å². The second-order valence-corrected chi connectivity index (χ2v) is 4.27. The van der Waals surface area contributed by atoms with Gasteiger partial charge in [-0.2, -0.15) is 0 Å². The molecule has 0 radical (unpaired) electrons. The van der Waals surface area contributed by atoms with Crippen LogP contribution >= 0.6 is 0 Å². The van der Waals surface area contributed by atoms with E-state index >= 15 is 0 Å². The Hall–Kier alpha value is -1.71. The van der Waals surface area contributed by atoms with E-state index in [1.54, 1.807) is 0 Å². The number of halogens is 1. The Morgan fingerprint density at radius 1 is 1.35 bits per heavy atom. The number of Topliss-reactive ketones (excluding diaryl/α,β-unsaturated/α-hetero) is 1. The average Bonchev–Trinajstić information content (AvgIpc) is 2.27. The number of esters is 1. The van der Waals surface area contributed by atoms with Gasteiger partial charge in [0.25, 0.3) is 0 Å². The minimum absolute atomic E-state index is 0.232. The molecule has 1 saturated carbocycles. The molecule has 1 aliphatic rings. The molecule has 0 unspecified atom stereocenters. The van der Waals surface area contributed by atoms with Gasteiger partial charge in [0, 0.05) is 5.56 Å². The molecule has 1 aliphatic carbocycles. The molecular weight excluding hydrogens is 223 g/mol. The van der Waals surface area contributed by atoms with Gasteiger partial charge in [-0.3, -0.25) is 9.59 Å². The molecule has 4 heteroatoms.